The zero-order valence-electron chi connectivity index (χ0n) is 16.5. The maximum absolute atomic E-state index is 12.7. The Bertz CT molecular complexity index is 720. The SMILES string of the molecule is CN(C)c1ccc(N([O-])O)cc1C(=O)OCC(=O)N1CCCC2CCCCC21. The van der Waals surface area contributed by atoms with E-state index in [4.69, 9.17) is 9.94 Å². The van der Waals surface area contributed by atoms with Crippen LogP contribution >= 0.6 is 0 Å². The van der Waals surface area contributed by atoms with E-state index in [9.17, 15) is 14.8 Å². The van der Waals surface area contributed by atoms with Crippen molar-refractivity contribution in [2.75, 3.05) is 37.4 Å². The van der Waals surface area contributed by atoms with Crippen LogP contribution in [0.4, 0.5) is 11.4 Å². The molecule has 1 saturated heterocycles. The number of amides is 1. The van der Waals surface area contributed by atoms with Gasteiger partial charge in [0, 0.05) is 26.7 Å². The molecule has 8 heteroatoms. The topological polar surface area (TPSA) is 96.4 Å². The van der Waals surface area contributed by atoms with Crippen molar-refractivity contribution in [3.8, 4) is 0 Å². The molecule has 1 N–H and O–H groups in total. The lowest BCUT2D eigenvalue weighted by molar-refractivity contribution is -0.140. The molecular weight excluding hydrogens is 362 g/mol. The molecule has 154 valence electrons. The van der Waals surface area contributed by atoms with Crippen molar-refractivity contribution >= 4 is 23.3 Å². The van der Waals surface area contributed by atoms with E-state index in [-0.39, 0.29) is 35.0 Å². The molecule has 28 heavy (non-hydrogen) atoms. The van der Waals surface area contributed by atoms with Crippen LogP contribution < -0.4 is 10.1 Å². The first-order valence-electron chi connectivity index (χ1n) is 9.82. The van der Waals surface area contributed by atoms with E-state index in [2.05, 4.69) is 0 Å². The van der Waals surface area contributed by atoms with Gasteiger partial charge in [-0.05, 0) is 49.8 Å². The van der Waals surface area contributed by atoms with E-state index >= 15 is 0 Å². The minimum absolute atomic E-state index is 0.0787. The number of carbonyl (C=O) groups excluding carboxylic acids is 2. The molecule has 8 nitrogen and oxygen atoms in total. The number of benzene rings is 1. The maximum Gasteiger partial charge on any atom is 0.340 e. The summed E-state index contributed by atoms with van der Waals surface area (Å²) in [5.74, 6) is -0.301. The van der Waals surface area contributed by atoms with Gasteiger partial charge in [0.1, 0.15) is 0 Å². The van der Waals surface area contributed by atoms with Gasteiger partial charge in [0.05, 0.1) is 16.9 Å². The Hall–Kier alpha value is -2.32. The maximum atomic E-state index is 12.7. The average Bonchev–Trinajstić information content (AvgIpc) is 2.70. The highest BCUT2D eigenvalue weighted by molar-refractivity contribution is 5.98. The summed E-state index contributed by atoms with van der Waals surface area (Å²) in [5, 5.41) is 20.0. The Kier molecular flexibility index (Phi) is 6.41. The Balaban J connectivity index is 1.68. The molecule has 0 aromatic heterocycles. The molecule has 1 heterocycles. The number of esters is 1. The van der Waals surface area contributed by atoms with Gasteiger partial charge in [0.2, 0.25) is 0 Å². The highest BCUT2D eigenvalue weighted by Crippen LogP contribution is 2.35. The monoisotopic (exact) mass is 390 g/mol. The van der Waals surface area contributed by atoms with Crippen LogP contribution in [0.2, 0.25) is 0 Å². The number of fused-ring (bicyclic) bond motifs is 1. The van der Waals surface area contributed by atoms with Gasteiger partial charge in [-0.3, -0.25) is 10.0 Å². The Morgan fingerprint density at radius 3 is 2.64 bits per heavy atom. The van der Waals surface area contributed by atoms with Crippen LogP contribution in [0.1, 0.15) is 48.9 Å². The summed E-state index contributed by atoms with van der Waals surface area (Å²) in [6.45, 7) is 0.394. The first kappa shape index (κ1) is 20.4. The molecule has 1 aliphatic heterocycles. The fourth-order valence-electron chi connectivity index (χ4n) is 4.42. The Labute approximate surface area is 165 Å². The standard InChI is InChI=1S/C20H28N3O5/c1-21(2)18-10-9-15(23(26)27)12-16(18)20(25)28-13-19(24)22-11-5-7-14-6-3-4-8-17(14)22/h9-10,12,14,17,26H,3-8,11,13H2,1-2H3/q-1. The summed E-state index contributed by atoms with van der Waals surface area (Å²) >= 11 is 0. The quantitative estimate of drug-likeness (QED) is 0.610. The molecule has 1 saturated carbocycles. The van der Waals surface area contributed by atoms with Crippen LogP contribution in [0.5, 0.6) is 0 Å². The second-order valence-electron chi connectivity index (χ2n) is 7.79. The van der Waals surface area contributed by atoms with Crippen molar-refractivity contribution in [1.29, 1.82) is 0 Å². The number of ether oxygens (including phenoxy) is 1. The van der Waals surface area contributed by atoms with Gasteiger partial charge in [-0.1, -0.05) is 12.8 Å². The van der Waals surface area contributed by atoms with Gasteiger partial charge in [-0.25, -0.2) is 4.79 Å². The van der Waals surface area contributed by atoms with Crippen molar-refractivity contribution in [3.05, 3.63) is 29.0 Å². The number of rotatable bonds is 5. The summed E-state index contributed by atoms with van der Waals surface area (Å²) in [7, 11) is 3.50. The highest BCUT2D eigenvalue weighted by Gasteiger charge is 2.35. The van der Waals surface area contributed by atoms with Crippen molar-refractivity contribution in [2.24, 2.45) is 5.92 Å². The smallest absolute Gasteiger partial charge is 0.340 e. The molecular formula is C20H28N3O5-. The summed E-state index contributed by atoms with van der Waals surface area (Å²) in [5.41, 5.74) is 0.581. The van der Waals surface area contributed by atoms with E-state index in [0.29, 0.717) is 18.2 Å². The number of carbonyl (C=O) groups is 2. The minimum Gasteiger partial charge on any atom is -0.733 e. The third-order valence-corrected chi connectivity index (χ3v) is 5.79. The van der Waals surface area contributed by atoms with Crippen molar-refractivity contribution in [2.45, 2.75) is 44.6 Å². The third-order valence-electron chi connectivity index (χ3n) is 5.79. The van der Waals surface area contributed by atoms with E-state index < -0.39 is 5.97 Å². The lowest BCUT2D eigenvalue weighted by Crippen LogP contribution is -2.50. The minimum atomic E-state index is -0.696. The fourth-order valence-corrected chi connectivity index (χ4v) is 4.42. The van der Waals surface area contributed by atoms with E-state index in [1.54, 1.807) is 25.1 Å². The van der Waals surface area contributed by atoms with Crippen molar-refractivity contribution in [1.82, 2.24) is 4.90 Å². The zero-order valence-corrected chi connectivity index (χ0v) is 16.5. The number of nitrogens with zero attached hydrogens (tertiary/aromatic N) is 3. The number of likely N-dealkylation sites (tertiary alicyclic amines) is 1. The molecule has 2 unspecified atom stereocenters. The number of piperidine rings is 1. The van der Waals surface area contributed by atoms with Crippen LogP contribution in [-0.2, 0) is 9.53 Å². The number of anilines is 2. The van der Waals surface area contributed by atoms with Crippen LogP contribution in [0.15, 0.2) is 18.2 Å². The largest absolute Gasteiger partial charge is 0.733 e. The molecule has 3 rings (SSSR count). The van der Waals surface area contributed by atoms with Crippen molar-refractivity contribution < 1.29 is 19.5 Å². The van der Waals surface area contributed by atoms with Crippen LogP contribution in [0, 0.1) is 11.1 Å². The first-order chi connectivity index (χ1) is 13.4. The molecule has 1 aliphatic carbocycles. The van der Waals surface area contributed by atoms with Gasteiger partial charge < -0.3 is 25.0 Å². The fraction of sp³-hybridized carbons (Fsp3) is 0.600. The normalized spacial score (nSPS) is 21.6. The molecule has 1 aromatic carbocycles. The Morgan fingerprint density at radius 2 is 1.93 bits per heavy atom. The van der Waals surface area contributed by atoms with Crippen LogP contribution in [-0.4, -0.2) is 55.3 Å². The third kappa shape index (κ3) is 4.39. The average molecular weight is 390 g/mol. The van der Waals surface area contributed by atoms with E-state index in [0.717, 1.165) is 19.3 Å². The van der Waals surface area contributed by atoms with E-state index in [1.165, 1.54) is 31.4 Å². The summed E-state index contributed by atoms with van der Waals surface area (Å²) in [6, 6.07) is 4.47. The lowest BCUT2D eigenvalue weighted by Gasteiger charge is -2.44. The van der Waals surface area contributed by atoms with Gasteiger partial charge in [-0.2, -0.15) is 0 Å². The second-order valence-corrected chi connectivity index (χ2v) is 7.79. The molecule has 1 aromatic rings. The highest BCUT2D eigenvalue weighted by atomic mass is 16.8. The predicted molar refractivity (Wildman–Crippen MR) is 105 cm³/mol. The van der Waals surface area contributed by atoms with Gasteiger partial charge in [-0.15, -0.1) is 0 Å². The van der Waals surface area contributed by atoms with Crippen molar-refractivity contribution in [3.63, 3.8) is 0 Å². The molecule has 1 amide bonds. The molecule has 2 aliphatic rings. The predicted octanol–water partition coefficient (Wildman–Crippen LogP) is 2.78. The molecule has 0 spiro atoms. The number of hydrogen-bond acceptors (Lipinski definition) is 7. The van der Waals surface area contributed by atoms with Gasteiger partial charge >= 0.3 is 5.97 Å². The molecule has 0 bridgehead atoms. The van der Waals surface area contributed by atoms with Crippen LogP contribution in [0.3, 0.4) is 0 Å². The molecule has 2 fully saturated rings. The first-order valence-corrected chi connectivity index (χ1v) is 9.82. The lowest BCUT2D eigenvalue weighted by atomic mass is 9.78. The second kappa shape index (κ2) is 8.79. The summed E-state index contributed by atoms with van der Waals surface area (Å²) < 4.78 is 5.29. The Morgan fingerprint density at radius 1 is 1.21 bits per heavy atom. The zero-order chi connectivity index (χ0) is 20.3. The molecule has 2 atom stereocenters. The van der Waals surface area contributed by atoms with E-state index in [1.807, 2.05) is 4.90 Å². The van der Waals surface area contributed by atoms with Crippen LogP contribution in [0.25, 0.3) is 0 Å². The number of hydrogen-bond donors (Lipinski definition) is 1. The van der Waals surface area contributed by atoms with Gasteiger partial charge in [0.25, 0.3) is 5.91 Å². The summed E-state index contributed by atoms with van der Waals surface area (Å²) in [4.78, 5) is 28.9. The van der Waals surface area contributed by atoms with Gasteiger partial charge in [0.15, 0.2) is 6.61 Å². The molecule has 0 radical (unpaired) electrons. The summed E-state index contributed by atoms with van der Waals surface area (Å²) in [6.07, 6.45) is 6.71.